The fourth-order valence-electron chi connectivity index (χ4n) is 1.40. The van der Waals surface area contributed by atoms with Gasteiger partial charge >= 0.3 is 5.97 Å². The molecule has 0 bridgehead atoms. The highest BCUT2D eigenvalue weighted by molar-refractivity contribution is 5.92. The summed E-state index contributed by atoms with van der Waals surface area (Å²) >= 11 is 0. The Bertz CT molecular complexity index is 408. The number of carbonyl (C=O) groups is 1. The summed E-state index contributed by atoms with van der Waals surface area (Å²) in [6.45, 7) is 3.81. The first-order valence-corrected chi connectivity index (χ1v) is 5.26. The predicted molar refractivity (Wildman–Crippen MR) is 59.6 cm³/mol. The smallest absolute Gasteiger partial charge is 0.341 e. The highest BCUT2D eigenvalue weighted by Crippen LogP contribution is 2.37. The molecule has 3 heteroatoms. The van der Waals surface area contributed by atoms with E-state index in [0.29, 0.717) is 17.8 Å². The lowest BCUT2D eigenvalue weighted by Crippen LogP contribution is -2.10. The van der Waals surface area contributed by atoms with Crippen LogP contribution in [0, 0.1) is 0 Å². The molecule has 16 heavy (non-hydrogen) atoms. The molecule has 1 fully saturated rings. The minimum Gasteiger partial charge on any atom is -0.430 e. The van der Waals surface area contributed by atoms with E-state index in [9.17, 15) is 4.79 Å². The minimum atomic E-state index is -0.199. The second-order valence-corrected chi connectivity index (χ2v) is 3.88. The van der Waals surface area contributed by atoms with E-state index in [4.69, 9.17) is 4.74 Å². The number of rotatable bonds is 1. The number of epoxide rings is 1. The first-order valence-electron chi connectivity index (χ1n) is 5.26. The Balaban J connectivity index is 0.000000138. The van der Waals surface area contributed by atoms with Crippen LogP contribution >= 0.6 is 0 Å². The van der Waals surface area contributed by atoms with Crippen LogP contribution in [0.4, 0.5) is 0 Å². The normalized spacial score (nSPS) is 25.6. The molecule has 2 atom stereocenters. The van der Waals surface area contributed by atoms with Crippen molar-refractivity contribution in [2.45, 2.75) is 26.1 Å². The molecule has 84 valence electrons. The van der Waals surface area contributed by atoms with Crippen LogP contribution in [-0.4, -0.2) is 12.1 Å². The molecule has 2 heterocycles. The number of esters is 1. The maximum Gasteiger partial charge on any atom is 0.341 e. The summed E-state index contributed by atoms with van der Waals surface area (Å²) in [5.41, 5.74) is 2.00. The lowest BCUT2D eigenvalue weighted by atomic mass is 10.1. The molecule has 0 amide bonds. The summed E-state index contributed by atoms with van der Waals surface area (Å²) in [4.78, 5) is 9.94. The molecule has 1 aromatic rings. The number of hydrogen-bond acceptors (Lipinski definition) is 3. The van der Waals surface area contributed by atoms with Gasteiger partial charge in [-0.2, -0.15) is 0 Å². The summed E-state index contributed by atoms with van der Waals surface area (Å²) in [6, 6.07) is 10.3. The van der Waals surface area contributed by atoms with E-state index in [0.717, 1.165) is 0 Å². The van der Waals surface area contributed by atoms with Crippen molar-refractivity contribution in [3.63, 3.8) is 0 Å². The number of ether oxygens (including phenoxy) is 2. The summed E-state index contributed by atoms with van der Waals surface area (Å²) in [5, 5.41) is 0. The summed E-state index contributed by atoms with van der Waals surface area (Å²) in [6.07, 6.45) is 2.24. The summed E-state index contributed by atoms with van der Waals surface area (Å²) < 4.78 is 9.54. The largest absolute Gasteiger partial charge is 0.430 e. The molecule has 0 saturated carbocycles. The first kappa shape index (κ1) is 10.9. The molecular weight excluding hydrogens is 204 g/mol. The Hall–Kier alpha value is -1.61. The number of hydrogen-bond donors (Lipinski definition) is 0. The Morgan fingerprint density at radius 2 is 1.75 bits per heavy atom. The van der Waals surface area contributed by atoms with Gasteiger partial charge in [0, 0.05) is 0 Å². The van der Waals surface area contributed by atoms with Gasteiger partial charge in [0.1, 0.15) is 12.4 Å². The number of cyclic esters (lactones) is 1. The monoisotopic (exact) mass is 218 g/mol. The van der Waals surface area contributed by atoms with Gasteiger partial charge in [-0.15, -0.1) is 0 Å². The Labute approximate surface area is 94.7 Å². The second kappa shape index (κ2) is 4.49. The molecule has 1 saturated heterocycles. The van der Waals surface area contributed by atoms with Gasteiger partial charge in [-0.3, -0.25) is 0 Å². The van der Waals surface area contributed by atoms with Crippen LogP contribution in [0.3, 0.4) is 0 Å². The molecule has 0 aromatic heterocycles. The van der Waals surface area contributed by atoms with Gasteiger partial charge < -0.3 is 9.47 Å². The molecule has 1 aromatic carbocycles. The second-order valence-electron chi connectivity index (χ2n) is 3.88. The van der Waals surface area contributed by atoms with Gasteiger partial charge in [0.25, 0.3) is 0 Å². The Morgan fingerprint density at radius 1 is 1.19 bits per heavy atom. The van der Waals surface area contributed by atoms with Crippen molar-refractivity contribution in [1.82, 2.24) is 0 Å². The van der Waals surface area contributed by atoms with E-state index in [2.05, 4.69) is 23.8 Å². The maximum absolute atomic E-state index is 9.94. The topological polar surface area (TPSA) is 38.8 Å². The van der Waals surface area contributed by atoms with E-state index >= 15 is 0 Å². The lowest BCUT2D eigenvalue weighted by molar-refractivity contribution is -0.138. The highest BCUT2D eigenvalue weighted by atomic mass is 16.6. The molecule has 0 N–H and O–H groups in total. The average Bonchev–Trinajstić information content (AvgIpc) is 3.06. The Morgan fingerprint density at radius 3 is 2.06 bits per heavy atom. The van der Waals surface area contributed by atoms with Crippen molar-refractivity contribution in [3.05, 3.63) is 47.7 Å². The van der Waals surface area contributed by atoms with E-state index in [-0.39, 0.29) is 5.97 Å². The van der Waals surface area contributed by atoms with Crippen molar-refractivity contribution >= 4 is 5.97 Å². The van der Waals surface area contributed by atoms with Gasteiger partial charge in [-0.25, -0.2) is 4.79 Å². The molecule has 3 nitrogen and oxygen atoms in total. The molecule has 2 unspecified atom stereocenters. The molecular formula is C13H14O3. The summed E-state index contributed by atoms with van der Waals surface area (Å²) in [5.74, 6) is -0.199. The molecule has 2 aliphatic heterocycles. The van der Waals surface area contributed by atoms with Crippen LogP contribution in [0.5, 0.6) is 0 Å². The quantitative estimate of drug-likeness (QED) is 0.537. The van der Waals surface area contributed by atoms with Gasteiger partial charge in [0.2, 0.25) is 0 Å². The standard InChI is InChI=1S/C9H10O.C4H4O2/c1-7-9(10-7)8-5-3-2-4-6-8;1-3-2-6-4(3)5/h2-7,9H,1H3;2H,1H3. The molecule has 3 rings (SSSR count). The van der Waals surface area contributed by atoms with Crippen molar-refractivity contribution in [2.24, 2.45) is 0 Å². The van der Waals surface area contributed by atoms with Crippen LogP contribution < -0.4 is 0 Å². The third kappa shape index (κ3) is 2.49. The third-order valence-electron chi connectivity index (χ3n) is 2.50. The molecule has 2 aliphatic rings. The van der Waals surface area contributed by atoms with Gasteiger partial charge in [-0.1, -0.05) is 30.3 Å². The zero-order valence-corrected chi connectivity index (χ0v) is 9.34. The van der Waals surface area contributed by atoms with Gasteiger partial charge in [0.15, 0.2) is 0 Å². The van der Waals surface area contributed by atoms with Crippen molar-refractivity contribution < 1.29 is 14.3 Å². The zero-order valence-electron chi connectivity index (χ0n) is 9.34. The van der Waals surface area contributed by atoms with E-state index in [1.807, 2.05) is 18.2 Å². The molecule has 0 radical (unpaired) electrons. The van der Waals surface area contributed by atoms with Gasteiger partial charge in [-0.05, 0) is 19.4 Å². The SMILES string of the molecule is CC1=COC1=O.CC1OC1c1ccccc1. The van der Waals surface area contributed by atoms with Crippen LogP contribution in [0.15, 0.2) is 42.2 Å². The predicted octanol–water partition coefficient (Wildman–Crippen LogP) is 2.59. The summed E-state index contributed by atoms with van der Waals surface area (Å²) in [7, 11) is 0. The zero-order chi connectivity index (χ0) is 11.5. The van der Waals surface area contributed by atoms with Crippen LogP contribution in [0.1, 0.15) is 25.5 Å². The number of carbonyl (C=O) groups excluding carboxylic acids is 1. The van der Waals surface area contributed by atoms with E-state index in [1.54, 1.807) is 6.92 Å². The fourth-order valence-corrected chi connectivity index (χ4v) is 1.40. The number of benzene rings is 1. The molecule has 0 aliphatic carbocycles. The third-order valence-corrected chi connectivity index (χ3v) is 2.50. The maximum atomic E-state index is 9.94. The van der Waals surface area contributed by atoms with Crippen LogP contribution in [0.25, 0.3) is 0 Å². The van der Waals surface area contributed by atoms with E-state index in [1.165, 1.54) is 11.8 Å². The Kier molecular flexibility index (Phi) is 3.06. The fraction of sp³-hybridized carbons (Fsp3) is 0.308. The molecule has 0 spiro atoms. The van der Waals surface area contributed by atoms with E-state index < -0.39 is 0 Å². The average molecular weight is 218 g/mol. The van der Waals surface area contributed by atoms with Crippen LogP contribution in [0.2, 0.25) is 0 Å². The minimum absolute atomic E-state index is 0.199. The first-order chi connectivity index (χ1) is 7.68. The van der Waals surface area contributed by atoms with Gasteiger partial charge in [0.05, 0.1) is 11.7 Å². The van der Waals surface area contributed by atoms with Crippen molar-refractivity contribution in [1.29, 1.82) is 0 Å². The lowest BCUT2D eigenvalue weighted by Gasteiger charge is -2.05. The highest BCUT2D eigenvalue weighted by Gasteiger charge is 2.35. The van der Waals surface area contributed by atoms with Crippen molar-refractivity contribution in [2.75, 3.05) is 0 Å². The van der Waals surface area contributed by atoms with Crippen LogP contribution in [-0.2, 0) is 14.3 Å². The van der Waals surface area contributed by atoms with Crippen molar-refractivity contribution in [3.8, 4) is 0 Å².